The molecule has 0 aliphatic carbocycles. The molecule has 0 unspecified atom stereocenters. The van der Waals surface area contributed by atoms with E-state index >= 15 is 0 Å². The molecule has 21 heavy (non-hydrogen) atoms. The first-order valence-electron chi connectivity index (χ1n) is 6.54. The van der Waals surface area contributed by atoms with Gasteiger partial charge in [0.15, 0.2) is 9.84 Å². The highest BCUT2D eigenvalue weighted by atomic mass is 32.2. The van der Waals surface area contributed by atoms with Crippen LogP contribution in [0.1, 0.15) is 36.5 Å². The van der Waals surface area contributed by atoms with Crippen LogP contribution in [-0.4, -0.2) is 32.0 Å². The molecule has 0 bridgehead atoms. The molecule has 0 radical (unpaired) electrons. The summed E-state index contributed by atoms with van der Waals surface area (Å²) in [5, 5.41) is 13.6. The largest absolute Gasteiger partial charge is 0.352 e. The van der Waals surface area contributed by atoms with Crippen LogP contribution in [0.4, 0.5) is 5.69 Å². The summed E-state index contributed by atoms with van der Waals surface area (Å²) in [5.41, 5.74) is -0.510. The van der Waals surface area contributed by atoms with Gasteiger partial charge in [-0.3, -0.25) is 14.9 Å². The summed E-state index contributed by atoms with van der Waals surface area (Å²) in [6.45, 7) is 2.52. The lowest BCUT2D eigenvalue weighted by molar-refractivity contribution is -0.387. The molecule has 0 saturated carbocycles. The van der Waals surface area contributed by atoms with Crippen molar-refractivity contribution in [3.8, 4) is 0 Å². The lowest BCUT2D eigenvalue weighted by atomic mass is 10.2. The van der Waals surface area contributed by atoms with Crippen LogP contribution in [0.15, 0.2) is 23.1 Å². The van der Waals surface area contributed by atoms with Crippen molar-refractivity contribution in [2.75, 3.05) is 12.8 Å². The Bertz CT molecular complexity index is 640. The molecule has 0 spiro atoms. The summed E-state index contributed by atoms with van der Waals surface area (Å²) in [5.74, 6) is -0.450. The molecular weight excluding hydrogens is 296 g/mol. The van der Waals surface area contributed by atoms with E-state index < -0.39 is 31.3 Å². The molecular formula is C13H18N2O5S. The molecule has 0 atom stereocenters. The van der Waals surface area contributed by atoms with Crippen molar-refractivity contribution in [3.05, 3.63) is 33.9 Å². The number of rotatable bonds is 7. The lowest BCUT2D eigenvalue weighted by Gasteiger charge is -2.06. The van der Waals surface area contributed by atoms with Crippen LogP contribution in [0.25, 0.3) is 0 Å². The maximum atomic E-state index is 11.9. The molecule has 0 saturated heterocycles. The number of carbonyl (C=O) groups excluding carboxylic acids is 1. The first-order chi connectivity index (χ1) is 9.77. The number of sulfone groups is 1. The van der Waals surface area contributed by atoms with E-state index in [1.165, 1.54) is 6.07 Å². The zero-order chi connectivity index (χ0) is 16.0. The zero-order valence-corrected chi connectivity index (χ0v) is 12.8. The van der Waals surface area contributed by atoms with Crippen LogP contribution in [0, 0.1) is 10.1 Å². The van der Waals surface area contributed by atoms with Crippen molar-refractivity contribution in [1.29, 1.82) is 0 Å². The number of hydrogen-bond acceptors (Lipinski definition) is 5. The van der Waals surface area contributed by atoms with Crippen molar-refractivity contribution in [2.45, 2.75) is 31.1 Å². The van der Waals surface area contributed by atoms with E-state index in [1.54, 1.807) is 0 Å². The SMILES string of the molecule is CCCCCNC(=O)c1ccc(S(C)(=O)=O)c([N+](=O)[O-])c1. The van der Waals surface area contributed by atoms with Crippen molar-refractivity contribution in [1.82, 2.24) is 5.32 Å². The molecule has 1 aromatic rings. The van der Waals surface area contributed by atoms with E-state index in [1.807, 2.05) is 6.92 Å². The van der Waals surface area contributed by atoms with Gasteiger partial charge in [-0.05, 0) is 18.6 Å². The third-order valence-electron chi connectivity index (χ3n) is 2.88. The van der Waals surface area contributed by atoms with Crippen molar-refractivity contribution in [3.63, 3.8) is 0 Å². The van der Waals surface area contributed by atoms with Crippen LogP contribution in [-0.2, 0) is 9.84 Å². The molecule has 0 aliphatic rings. The Balaban J connectivity index is 2.99. The second kappa shape index (κ2) is 7.16. The van der Waals surface area contributed by atoms with Gasteiger partial charge in [0, 0.05) is 24.4 Å². The number of nitrogens with one attached hydrogen (secondary N) is 1. The summed E-state index contributed by atoms with van der Waals surface area (Å²) < 4.78 is 23.0. The molecule has 1 aromatic carbocycles. The third kappa shape index (κ3) is 4.82. The number of unbranched alkanes of at least 4 members (excludes halogenated alkanes) is 2. The average Bonchev–Trinajstić information content (AvgIpc) is 2.41. The summed E-state index contributed by atoms with van der Waals surface area (Å²) in [6, 6.07) is 3.36. The maximum absolute atomic E-state index is 11.9. The van der Waals surface area contributed by atoms with Crippen molar-refractivity contribution >= 4 is 21.4 Å². The standard InChI is InChI=1S/C13H18N2O5S/c1-3-4-5-8-14-13(16)10-6-7-12(21(2,19)20)11(9-10)15(17)18/h6-7,9H,3-5,8H2,1-2H3,(H,14,16). The van der Waals surface area contributed by atoms with Crippen LogP contribution in [0.5, 0.6) is 0 Å². The molecule has 1 amide bonds. The molecule has 7 nitrogen and oxygen atoms in total. The Kier molecular flexibility index (Phi) is 5.83. The molecule has 116 valence electrons. The normalized spacial score (nSPS) is 11.1. The number of nitro benzene ring substituents is 1. The second-order valence-electron chi connectivity index (χ2n) is 4.67. The van der Waals surface area contributed by atoms with Gasteiger partial charge in [0.1, 0.15) is 4.90 Å². The predicted octanol–water partition coefficient (Wildman–Crippen LogP) is 1.92. The zero-order valence-electron chi connectivity index (χ0n) is 12.0. The Hall–Kier alpha value is -1.96. The van der Waals surface area contributed by atoms with Gasteiger partial charge in [-0.25, -0.2) is 8.42 Å². The smallest absolute Gasteiger partial charge is 0.288 e. The number of carbonyl (C=O) groups is 1. The lowest BCUT2D eigenvalue weighted by Crippen LogP contribution is -2.24. The maximum Gasteiger partial charge on any atom is 0.288 e. The monoisotopic (exact) mass is 314 g/mol. The predicted molar refractivity (Wildman–Crippen MR) is 78.1 cm³/mol. The van der Waals surface area contributed by atoms with E-state index in [9.17, 15) is 23.3 Å². The van der Waals surface area contributed by atoms with Crippen molar-refractivity contribution in [2.24, 2.45) is 0 Å². The van der Waals surface area contributed by atoms with E-state index in [-0.39, 0.29) is 5.56 Å². The summed E-state index contributed by atoms with van der Waals surface area (Å²) in [7, 11) is -3.72. The fourth-order valence-electron chi connectivity index (χ4n) is 1.79. The highest BCUT2D eigenvalue weighted by Crippen LogP contribution is 2.24. The third-order valence-corrected chi connectivity index (χ3v) is 4.03. The van der Waals surface area contributed by atoms with Crippen LogP contribution in [0.3, 0.4) is 0 Å². The number of nitro groups is 1. The molecule has 1 rings (SSSR count). The van der Waals surface area contributed by atoms with E-state index in [0.29, 0.717) is 6.54 Å². The van der Waals surface area contributed by atoms with Gasteiger partial charge in [-0.1, -0.05) is 19.8 Å². The molecule has 0 fully saturated rings. The highest BCUT2D eigenvalue weighted by Gasteiger charge is 2.23. The minimum Gasteiger partial charge on any atom is -0.352 e. The van der Waals surface area contributed by atoms with Crippen LogP contribution in [0.2, 0.25) is 0 Å². The summed E-state index contributed by atoms with van der Waals surface area (Å²) in [4.78, 5) is 21.6. The topological polar surface area (TPSA) is 106 Å². The van der Waals surface area contributed by atoms with Gasteiger partial charge in [-0.2, -0.15) is 0 Å². The summed E-state index contributed by atoms with van der Waals surface area (Å²) in [6.07, 6.45) is 3.71. The first kappa shape index (κ1) is 17.1. The number of amides is 1. The first-order valence-corrected chi connectivity index (χ1v) is 8.43. The van der Waals surface area contributed by atoms with E-state index in [4.69, 9.17) is 0 Å². The fourth-order valence-corrected chi connectivity index (χ4v) is 2.62. The van der Waals surface area contributed by atoms with E-state index in [0.717, 1.165) is 37.7 Å². The van der Waals surface area contributed by atoms with Crippen LogP contribution < -0.4 is 5.32 Å². The second-order valence-corrected chi connectivity index (χ2v) is 6.66. The quantitative estimate of drug-likeness (QED) is 0.470. The number of nitrogens with zero attached hydrogens (tertiary/aromatic N) is 1. The fraction of sp³-hybridized carbons (Fsp3) is 0.462. The Morgan fingerprint density at radius 3 is 2.52 bits per heavy atom. The van der Waals surface area contributed by atoms with Gasteiger partial charge in [0.2, 0.25) is 0 Å². The number of hydrogen-bond donors (Lipinski definition) is 1. The van der Waals surface area contributed by atoms with Gasteiger partial charge >= 0.3 is 0 Å². The van der Waals surface area contributed by atoms with Crippen LogP contribution >= 0.6 is 0 Å². The molecule has 1 N–H and O–H groups in total. The minimum absolute atomic E-state index is 0.0746. The van der Waals surface area contributed by atoms with Gasteiger partial charge in [0.05, 0.1) is 4.92 Å². The Morgan fingerprint density at radius 2 is 2.00 bits per heavy atom. The number of benzene rings is 1. The van der Waals surface area contributed by atoms with Crippen molar-refractivity contribution < 1.29 is 18.1 Å². The molecule has 0 aliphatic heterocycles. The minimum atomic E-state index is -3.72. The Morgan fingerprint density at radius 1 is 1.33 bits per heavy atom. The highest BCUT2D eigenvalue weighted by molar-refractivity contribution is 7.90. The molecule has 0 aromatic heterocycles. The molecule has 0 heterocycles. The van der Waals surface area contributed by atoms with E-state index in [2.05, 4.69) is 5.32 Å². The van der Waals surface area contributed by atoms with Gasteiger partial charge in [0.25, 0.3) is 11.6 Å². The molecule has 8 heteroatoms. The average molecular weight is 314 g/mol. The Labute approximate surface area is 123 Å². The van der Waals surface area contributed by atoms with Gasteiger partial charge < -0.3 is 5.32 Å². The van der Waals surface area contributed by atoms with Gasteiger partial charge in [-0.15, -0.1) is 0 Å². The summed E-state index contributed by atoms with van der Waals surface area (Å²) >= 11 is 0.